The van der Waals surface area contributed by atoms with Crippen molar-refractivity contribution in [1.82, 2.24) is 4.90 Å². The van der Waals surface area contributed by atoms with E-state index in [1.165, 1.54) is 25.7 Å². The van der Waals surface area contributed by atoms with Crippen LogP contribution in [0.3, 0.4) is 0 Å². The van der Waals surface area contributed by atoms with E-state index in [4.69, 9.17) is 10.5 Å². The molecule has 2 fully saturated rings. The summed E-state index contributed by atoms with van der Waals surface area (Å²) in [5, 5.41) is 0. The molecule has 19 heavy (non-hydrogen) atoms. The van der Waals surface area contributed by atoms with Gasteiger partial charge in [-0.05, 0) is 45.4 Å². The summed E-state index contributed by atoms with van der Waals surface area (Å²) in [6.45, 7) is 11.8. The minimum absolute atomic E-state index is 0.0347. The summed E-state index contributed by atoms with van der Waals surface area (Å²) in [5.41, 5.74) is 6.09. The van der Waals surface area contributed by atoms with E-state index in [-0.39, 0.29) is 5.60 Å². The Kier molecular flexibility index (Phi) is 4.91. The molecule has 2 aliphatic rings. The lowest BCUT2D eigenvalue weighted by Crippen LogP contribution is -2.58. The molecule has 2 atom stereocenters. The molecular formula is C16H32N2O. The maximum Gasteiger partial charge on any atom is 0.0757 e. The third kappa shape index (κ3) is 3.93. The van der Waals surface area contributed by atoms with Crippen molar-refractivity contribution in [2.75, 3.05) is 19.6 Å². The largest absolute Gasteiger partial charge is 0.370 e. The first kappa shape index (κ1) is 15.3. The number of nitrogens with zero attached hydrogens (tertiary/aromatic N) is 1. The lowest BCUT2D eigenvalue weighted by atomic mass is 9.78. The summed E-state index contributed by atoms with van der Waals surface area (Å²) >= 11 is 0. The predicted molar refractivity (Wildman–Crippen MR) is 80.2 cm³/mol. The molecular weight excluding hydrogens is 236 g/mol. The van der Waals surface area contributed by atoms with Crippen molar-refractivity contribution in [1.29, 1.82) is 0 Å². The van der Waals surface area contributed by atoms with Gasteiger partial charge >= 0.3 is 0 Å². The molecule has 0 amide bonds. The molecule has 1 heterocycles. The van der Waals surface area contributed by atoms with E-state index < -0.39 is 0 Å². The zero-order valence-electron chi connectivity index (χ0n) is 13.2. The van der Waals surface area contributed by atoms with Crippen molar-refractivity contribution in [3.8, 4) is 0 Å². The standard InChI is InChI=1S/C16H32N2O/c1-12-5-7-14(8-6-12)15(9-17)18-10-13(2)19-16(3,4)11-18/h12-15H,5-11,17H2,1-4H3. The monoisotopic (exact) mass is 268 g/mol. The molecule has 0 bridgehead atoms. The van der Waals surface area contributed by atoms with Crippen molar-refractivity contribution in [2.24, 2.45) is 17.6 Å². The number of ether oxygens (including phenoxy) is 1. The fraction of sp³-hybridized carbons (Fsp3) is 1.00. The molecule has 0 radical (unpaired) electrons. The lowest BCUT2D eigenvalue weighted by molar-refractivity contribution is -0.142. The second-order valence-electron chi connectivity index (χ2n) is 7.44. The highest BCUT2D eigenvalue weighted by Gasteiger charge is 2.37. The molecule has 0 spiro atoms. The highest BCUT2D eigenvalue weighted by atomic mass is 16.5. The first-order valence-electron chi connectivity index (χ1n) is 8.03. The molecule has 3 heteroatoms. The second-order valence-corrected chi connectivity index (χ2v) is 7.44. The lowest BCUT2D eigenvalue weighted by Gasteiger charge is -2.47. The van der Waals surface area contributed by atoms with Gasteiger partial charge in [-0.3, -0.25) is 4.90 Å². The Hall–Kier alpha value is -0.120. The van der Waals surface area contributed by atoms with Gasteiger partial charge in [-0.25, -0.2) is 0 Å². The Morgan fingerprint density at radius 1 is 1.21 bits per heavy atom. The maximum atomic E-state index is 6.12. The van der Waals surface area contributed by atoms with Crippen LogP contribution in [0, 0.1) is 11.8 Å². The van der Waals surface area contributed by atoms with E-state index in [0.29, 0.717) is 12.1 Å². The molecule has 112 valence electrons. The average Bonchev–Trinajstić information content (AvgIpc) is 2.30. The van der Waals surface area contributed by atoms with Gasteiger partial charge in [-0.2, -0.15) is 0 Å². The molecule has 2 unspecified atom stereocenters. The summed E-state index contributed by atoms with van der Waals surface area (Å²) < 4.78 is 6.02. The number of morpholine rings is 1. The van der Waals surface area contributed by atoms with Gasteiger partial charge in [0, 0.05) is 25.7 Å². The smallest absolute Gasteiger partial charge is 0.0757 e. The van der Waals surface area contributed by atoms with Crippen LogP contribution < -0.4 is 5.73 Å². The van der Waals surface area contributed by atoms with Crippen molar-refractivity contribution < 1.29 is 4.74 Å². The molecule has 0 aromatic heterocycles. The summed E-state index contributed by atoms with van der Waals surface area (Å²) in [4.78, 5) is 2.61. The molecule has 0 aromatic rings. The van der Waals surface area contributed by atoms with Crippen LogP contribution >= 0.6 is 0 Å². The Morgan fingerprint density at radius 3 is 2.37 bits per heavy atom. The molecule has 1 saturated carbocycles. The molecule has 1 saturated heterocycles. The average molecular weight is 268 g/mol. The quantitative estimate of drug-likeness (QED) is 0.855. The van der Waals surface area contributed by atoms with E-state index >= 15 is 0 Å². The van der Waals surface area contributed by atoms with Gasteiger partial charge in [-0.1, -0.05) is 19.8 Å². The highest BCUT2D eigenvalue weighted by Crippen LogP contribution is 2.34. The number of hydrogen-bond acceptors (Lipinski definition) is 3. The predicted octanol–water partition coefficient (Wildman–Crippen LogP) is 2.64. The highest BCUT2D eigenvalue weighted by molar-refractivity contribution is 4.90. The molecule has 0 aromatic carbocycles. The second kappa shape index (κ2) is 6.11. The Morgan fingerprint density at radius 2 is 1.84 bits per heavy atom. The Bertz CT molecular complexity index is 284. The van der Waals surface area contributed by atoms with E-state index in [9.17, 15) is 0 Å². The number of rotatable bonds is 3. The van der Waals surface area contributed by atoms with Gasteiger partial charge in [0.05, 0.1) is 11.7 Å². The first-order valence-corrected chi connectivity index (χ1v) is 8.03. The molecule has 1 aliphatic heterocycles. The van der Waals surface area contributed by atoms with Crippen LogP contribution in [0.5, 0.6) is 0 Å². The number of hydrogen-bond donors (Lipinski definition) is 1. The third-order valence-corrected chi connectivity index (χ3v) is 4.91. The number of nitrogens with two attached hydrogens (primary N) is 1. The van der Waals surface area contributed by atoms with E-state index in [2.05, 4.69) is 32.6 Å². The van der Waals surface area contributed by atoms with Crippen LogP contribution in [0.25, 0.3) is 0 Å². The molecule has 2 rings (SSSR count). The minimum atomic E-state index is -0.0347. The first-order chi connectivity index (χ1) is 8.91. The van der Waals surface area contributed by atoms with Crippen molar-refractivity contribution in [2.45, 2.75) is 71.1 Å². The van der Waals surface area contributed by atoms with Crippen LogP contribution in [0.2, 0.25) is 0 Å². The van der Waals surface area contributed by atoms with Crippen molar-refractivity contribution in [3.63, 3.8) is 0 Å². The van der Waals surface area contributed by atoms with Crippen molar-refractivity contribution >= 4 is 0 Å². The van der Waals surface area contributed by atoms with Crippen LogP contribution in [0.4, 0.5) is 0 Å². The van der Waals surface area contributed by atoms with Gasteiger partial charge in [0.15, 0.2) is 0 Å². The maximum absolute atomic E-state index is 6.12. The van der Waals surface area contributed by atoms with Crippen LogP contribution in [-0.4, -0.2) is 42.3 Å². The van der Waals surface area contributed by atoms with Gasteiger partial charge < -0.3 is 10.5 Å². The normalized spacial score (nSPS) is 38.1. The molecule has 2 N–H and O–H groups in total. The minimum Gasteiger partial charge on any atom is -0.370 e. The third-order valence-electron chi connectivity index (χ3n) is 4.91. The van der Waals surface area contributed by atoms with Crippen LogP contribution in [0.1, 0.15) is 53.4 Å². The van der Waals surface area contributed by atoms with E-state index in [0.717, 1.165) is 31.5 Å². The van der Waals surface area contributed by atoms with E-state index in [1.54, 1.807) is 0 Å². The van der Waals surface area contributed by atoms with Crippen molar-refractivity contribution in [3.05, 3.63) is 0 Å². The van der Waals surface area contributed by atoms with Crippen LogP contribution in [0.15, 0.2) is 0 Å². The van der Waals surface area contributed by atoms with Gasteiger partial charge in [0.25, 0.3) is 0 Å². The Balaban J connectivity index is 2.00. The molecule has 1 aliphatic carbocycles. The van der Waals surface area contributed by atoms with Crippen LogP contribution in [-0.2, 0) is 4.74 Å². The summed E-state index contributed by atoms with van der Waals surface area (Å²) in [5.74, 6) is 1.71. The fourth-order valence-electron chi connectivity index (χ4n) is 4.07. The Labute approximate surface area is 118 Å². The topological polar surface area (TPSA) is 38.5 Å². The molecule has 3 nitrogen and oxygen atoms in total. The fourth-order valence-corrected chi connectivity index (χ4v) is 4.07. The zero-order valence-corrected chi connectivity index (χ0v) is 13.2. The van der Waals surface area contributed by atoms with Gasteiger partial charge in [0.2, 0.25) is 0 Å². The van der Waals surface area contributed by atoms with Gasteiger partial charge in [-0.15, -0.1) is 0 Å². The van der Waals surface area contributed by atoms with Gasteiger partial charge in [0.1, 0.15) is 0 Å². The summed E-state index contributed by atoms with van der Waals surface area (Å²) in [6.07, 6.45) is 5.79. The summed E-state index contributed by atoms with van der Waals surface area (Å²) in [7, 11) is 0. The zero-order chi connectivity index (χ0) is 14.0. The summed E-state index contributed by atoms with van der Waals surface area (Å²) in [6, 6.07) is 0.554. The van der Waals surface area contributed by atoms with E-state index in [1.807, 2.05) is 0 Å². The SMILES string of the molecule is CC1CCC(C(CN)N2CC(C)OC(C)(C)C2)CC1.